The van der Waals surface area contributed by atoms with Crippen LogP contribution in [0.15, 0.2) is 12.7 Å². The van der Waals surface area contributed by atoms with Gasteiger partial charge < -0.3 is 43.3 Å². The van der Waals surface area contributed by atoms with Crippen LogP contribution in [0.2, 0.25) is 0 Å². The molecule has 0 aliphatic heterocycles. The van der Waals surface area contributed by atoms with Crippen molar-refractivity contribution in [1.29, 1.82) is 0 Å². The summed E-state index contributed by atoms with van der Waals surface area (Å²) < 4.78 is 1.07. The van der Waals surface area contributed by atoms with Crippen LogP contribution in [0.25, 0.3) is 0 Å². The van der Waals surface area contributed by atoms with E-state index in [1.807, 2.05) is 6.08 Å². The molecule has 0 spiro atoms. The molecule has 0 radical (unpaired) electrons. The molecule has 0 saturated carbocycles. The lowest BCUT2D eigenvalue weighted by molar-refractivity contribution is -0.873. The van der Waals surface area contributed by atoms with E-state index < -0.39 is 0 Å². The lowest BCUT2D eigenvalue weighted by atomic mass is 10.0. The number of likely N-dealkylation sites (N-methyl/N-ethyl adjacent to an activating group) is 1. The lowest BCUT2D eigenvalue weighted by Crippen LogP contribution is -3.08. The molecule has 180 valence electrons. The topological polar surface area (TPSA) is 4.44 Å². The molecule has 0 aromatic carbocycles. The van der Waals surface area contributed by atoms with E-state index >= 15 is 0 Å². The van der Waals surface area contributed by atoms with Crippen LogP contribution in [0.3, 0.4) is 0 Å². The second kappa shape index (κ2) is 28.6. The molecule has 0 rings (SSSR count). The van der Waals surface area contributed by atoms with Gasteiger partial charge in [-0.2, -0.15) is 0 Å². The summed E-state index contributed by atoms with van der Waals surface area (Å²) in [6.07, 6.45) is 22.3. The molecule has 1 unspecified atom stereocenters. The lowest BCUT2D eigenvalue weighted by Gasteiger charge is -2.20. The largest absolute Gasteiger partial charge is 1.00 e. The summed E-state index contributed by atoms with van der Waals surface area (Å²) >= 11 is 0. The Kier molecular flexibility index (Phi) is 36.5. The van der Waals surface area contributed by atoms with Crippen LogP contribution in [-0.4, -0.2) is 52.3 Å². The van der Waals surface area contributed by atoms with E-state index in [-0.39, 0.29) is 34.0 Å². The monoisotopic (exact) mass is 542 g/mol. The van der Waals surface area contributed by atoms with Crippen LogP contribution >= 0.6 is 0 Å². The van der Waals surface area contributed by atoms with E-state index in [1.165, 1.54) is 103 Å². The van der Waals surface area contributed by atoms with Crippen LogP contribution in [0.1, 0.15) is 104 Å². The fourth-order valence-electron chi connectivity index (χ4n) is 2.97. The van der Waals surface area contributed by atoms with Crippen molar-refractivity contribution in [3.8, 4) is 0 Å². The van der Waals surface area contributed by atoms with Gasteiger partial charge in [-0.15, -0.1) is 0 Å². The number of quaternary nitrogens is 2. The molecule has 2 nitrogen and oxygen atoms in total. The van der Waals surface area contributed by atoms with E-state index in [0.717, 1.165) is 11.0 Å². The van der Waals surface area contributed by atoms with E-state index in [0.29, 0.717) is 0 Å². The van der Waals surface area contributed by atoms with Gasteiger partial charge in [-0.05, 0) is 25.8 Å². The molecule has 0 fully saturated rings. The maximum atomic E-state index is 3.80. The minimum absolute atomic E-state index is 0. The van der Waals surface area contributed by atoms with Gasteiger partial charge in [0.2, 0.25) is 0 Å². The summed E-state index contributed by atoms with van der Waals surface area (Å²) in [7, 11) is 8.81. The maximum absolute atomic E-state index is 3.80. The maximum Gasteiger partial charge on any atom is 0.0953 e. The third-order valence-electron chi connectivity index (χ3n) is 5.40. The Hall–Kier alpha value is 0.620. The Bertz CT molecular complexity index is 291. The van der Waals surface area contributed by atoms with Crippen LogP contribution in [0, 0.1) is 0 Å². The quantitative estimate of drug-likeness (QED) is 0.140. The first-order valence-electron chi connectivity index (χ1n) is 12.1. The first-order chi connectivity index (χ1) is 12.9. The number of rotatable bonds is 18. The fourth-order valence-corrected chi connectivity index (χ4v) is 2.97. The van der Waals surface area contributed by atoms with E-state index in [2.05, 4.69) is 48.6 Å². The predicted octanol–water partition coefficient (Wildman–Crippen LogP) is -0.111. The van der Waals surface area contributed by atoms with E-state index in [1.54, 1.807) is 4.90 Å². The van der Waals surface area contributed by atoms with E-state index in [9.17, 15) is 0 Å². The van der Waals surface area contributed by atoms with Crippen molar-refractivity contribution >= 4 is 0 Å². The molecule has 29 heavy (non-hydrogen) atoms. The molecule has 0 saturated heterocycles. The highest BCUT2D eigenvalue weighted by Crippen LogP contribution is 2.12. The molecule has 0 aliphatic rings. The van der Waals surface area contributed by atoms with Gasteiger partial charge in [-0.25, -0.2) is 0 Å². The number of nitrogens with zero attached hydrogens (tertiary/aromatic N) is 1. The Morgan fingerprint density at radius 1 is 0.655 bits per heavy atom. The highest BCUT2D eigenvalue weighted by Gasteiger charge is 1.99. The third kappa shape index (κ3) is 39.6. The summed E-state index contributed by atoms with van der Waals surface area (Å²) in [6, 6.07) is 0. The standard InChI is InChI=1S/C20H41N.C5H14N.2BrH/c1-4-6-7-8-9-10-11-12-13-14-15-16-17-18-20-21(3)19-5-2;1-5-6(2,3)4;;/h5H,2,4,6-20H2,1,3H3;5H2,1-4H3;2*1H/q;+1;;/p-1. The summed E-state index contributed by atoms with van der Waals surface area (Å²) in [5.74, 6) is 0. The van der Waals surface area contributed by atoms with Gasteiger partial charge >= 0.3 is 0 Å². The Balaban J connectivity index is -0.000000340. The van der Waals surface area contributed by atoms with Crippen LogP contribution in [0.4, 0.5) is 0 Å². The van der Waals surface area contributed by atoms with Gasteiger partial charge in [0.15, 0.2) is 0 Å². The first kappa shape index (κ1) is 37.0. The van der Waals surface area contributed by atoms with Crippen molar-refractivity contribution in [1.82, 2.24) is 0 Å². The number of hydrogen-bond donors (Lipinski definition) is 1. The summed E-state index contributed by atoms with van der Waals surface area (Å²) in [5.41, 5.74) is 0. The zero-order valence-electron chi connectivity index (χ0n) is 21.0. The highest BCUT2D eigenvalue weighted by molar-refractivity contribution is 4.62. The average molecular weight is 545 g/mol. The van der Waals surface area contributed by atoms with Crippen molar-refractivity contribution < 1.29 is 43.3 Å². The number of unbranched alkanes of at least 4 members (excludes halogenated alkanes) is 13. The van der Waals surface area contributed by atoms with Crippen molar-refractivity contribution in [2.45, 2.75) is 104 Å². The zero-order chi connectivity index (χ0) is 20.8. The van der Waals surface area contributed by atoms with Crippen molar-refractivity contribution in [3.05, 3.63) is 12.7 Å². The normalized spacial score (nSPS) is 11.5. The Labute approximate surface area is 207 Å². The molecule has 1 atom stereocenters. The molecule has 4 heteroatoms. The molecular formula is C25H56Br2N2. The van der Waals surface area contributed by atoms with Gasteiger partial charge in [-0.3, -0.25) is 0 Å². The van der Waals surface area contributed by atoms with Gasteiger partial charge in [0.1, 0.15) is 0 Å². The first-order valence-corrected chi connectivity index (χ1v) is 12.1. The smallest absolute Gasteiger partial charge is 0.0953 e. The van der Waals surface area contributed by atoms with Crippen LogP contribution in [-0.2, 0) is 0 Å². The third-order valence-corrected chi connectivity index (χ3v) is 5.40. The van der Waals surface area contributed by atoms with E-state index in [4.69, 9.17) is 0 Å². The highest BCUT2D eigenvalue weighted by atomic mass is 79.9. The zero-order valence-corrected chi connectivity index (χ0v) is 24.2. The molecule has 0 aromatic rings. The summed E-state index contributed by atoms with van der Waals surface area (Å²) in [4.78, 5) is 1.60. The SMILES string of the molecule is C=CC[NH+](C)CCCCCCCCCCCCCCCC.CC[N+](C)(C)C.[Br-].[Br-]. The molecule has 0 aliphatic carbocycles. The van der Waals surface area contributed by atoms with Gasteiger partial charge in [0.05, 0.1) is 47.8 Å². The minimum Gasteiger partial charge on any atom is -1.00 e. The molecule has 1 N–H and O–H groups in total. The predicted molar refractivity (Wildman–Crippen MR) is 126 cm³/mol. The van der Waals surface area contributed by atoms with Crippen LogP contribution in [0.5, 0.6) is 0 Å². The van der Waals surface area contributed by atoms with Crippen LogP contribution < -0.4 is 38.9 Å². The summed E-state index contributed by atoms with van der Waals surface area (Å²) in [5, 5.41) is 0. The molecule has 0 bridgehead atoms. The van der Waals surface area contributed by atoms with Gasteiger partial charge in [0, 0.05) is 0 Å². The molecule has 0 aromatic heterocycles. The second-order valence-corrected chi connectivity index (χ2v) is 9.40. The number of halogens is 2. The molecule has 0 heterocycles. The van der Waals surface area contributed by atoms with Gasteiger partial charge in [0.25, 0.3) is 0 Å². The minimum atomic E-state index is 0. The number of nitrogens with one attached hydrogen (secondary N) is 1. The average Bonchev–Trinajstić information content (AvgIpc) is 2.62. The molecular weight excluding hydrogens is 488 g/mol. The molecule has 0 amide bonds. The van der Waals surface area contributed by atoms with Crippen molar-refractivity contribution in [2.75, 3.05) is 47.8 Å². The second-order valence-electron chi connectivity index (χ2n) is 9.40. The van der Waals surface area contributed by atoms with Crippen molar-refractivity contribution in [2.24, 2.45) is 0 Å². The summed E-state index contributed by atoms with van der Waals surface area (Å²) in [6.45, 7) is 11.9. The Morgan fingerprint density at radius 2 is 0.966 bits per heavy atom. The fraction of sp³-hybridized carbons (Fsp3) is 0.920. The van der Waals surface area contributed by atoms with Crippen molar-refractivity contribution in [3.63, 3.8) is 0 Å². The van der Waals surface area contributed by atoms with Gasteiger partial charge in [-0.1, -0.05) is 90.6 Å². The number of hydrogen-bond acceptors (Lipinski definition) is 0. The Morgan fingerprint density at radius 3 is 1.24 bits per heavy atom.